The highest BCUT2D eigenvalue weighted by Gasteiger charge is 2.36. The summed E-state index contributed by atoms with van der Waals surface area (Å²) in [6, 6.07) is 9.44. The van der Waals surface area contributed by atoms with E-state index in [0.29, 0.717) is 37.0 Å². The van der Waals surface area contributed by atoms with Gasteiger partial charge in [0.05, 0.1) is 6.54 Å². The van der Waals surface area contributed by atoms with Crippen molar-refractivity contribution in [2.75, 3.05) is 19.0 Å². The Hall–Kier alpha value is -2.76. The molecule has 142 valence electrons. The molecule has 4 rings (SSSR count). The molecule has 6 heteroatoms. The van der Waals surface area contributed by atoms with Crippen molar-refractivity contribution < 1.29 is 18.7 Å². The van der Waals surface area contributed by atoms with Crippen molar-refractivity contribution in [1.82, 2.24) is 4.90 Å². The summed E-state index contributed by atoms with van der Waals surface area (Å²) in [5, 5.41) is 2.83. The van der Waals surface area contributed by atoms with Gasteiger partial charge in [-0.25, -0.2) is 0 Å². The van der Waals surface area contributed by atoms with Gasteiger partial charge in [0.25, 0.3) is 5.91 Å². The number of amides is 2. The monoisotopic (exact) mass is 368 g/mol. The summed E-state index contributed by atoms with van der Waals surface area (Å²) >= 11 is 0. The number of furan rings is 1. The normalized spacial score (nSPS) is 20.6. The zero-order valence-electron chi connectivity index (χ0n) is 15.7. The third kappa shape index (κ3) is 3.99. The lowest BCUT2D eigenvalue weighted by molar-refractivity contribution is -0.132. The van der Waals surface area contributed by atoms with E-state index in [4.69, 9.17) is 9.15 Å². The smallest absolute Gasteiger partial charge is 0.260 e. The minimum Gasteiger partial charge on any atom is -0.484 e. The predicted octanol–water partition coefficient (Wildman–Crippen LogP) is 3.33. The molecule has 2 heterocycles. The molecule has 2 aromatic rings. The Morgan fingerprint density at radius 1 is 1.30 bits per heavy atom. The maximum atomic E-state index is 12.4. The standard InChI is InChI=1S/C21H24N2O4/c1-13-9-17(13)19-7-5-16(27-19)11-23(2)21(25)12-26-15-4-6-18-14(10-15)3-8-20(24)22-18/h4-7,10,13,17H,3,8-9,11-12H2,1-2H3,(H,22,24)/t13-,17+/m0/s1. The van der Waals surface area contributed by atoms with Crippen molar-refractivity contribution in [2.24, 2.45) is 5.92 Å². The third-order valence-corrected chi connectivity index (χ3v) is 5.31. The summed E-state index contributed by atoms with van der Waals surface area (Å²) in [4.78, 5) is 25.4. The number of hydrogen-bond acceptors (Lipinski definition) is 4. The molecule has 1 fully saturated rings. The van der Waals surface area contributed by atoms with Gasteiger partial charge < -0.3 is 19.4 Å². The lowest BCUT2D eigenvalue weighted by atomic mass is 10.0. The molecular formula is C21H24N2O4. The second-order valence-corrected chi connectivity index (χ2v) is 7.53. The zero-order valence-corrected chi connectivity index (χ0v) is 15.7. The minimum absolute atomic E-state index is 0.0326. The fourth-order valence-electron chi connectivity index (χ4n) is 3.42. The predicted molar refractivity (Wildman–Crippen MR) is 101 cm³/mol. The molecule has 0 unspecified atom stereocenters. The number of nitrogens with zero attached hydrogens (tertiary/aromatic N) is 1. The maximum Gasteiger partial charge on any atom is 0.260 e. The van der Waals surface area contributed by atoms with Crippen LogP contribution in [0.1, 0.15) is 42.8 Å². The molecule has 2 atom stereocenters. The number of hydrogen-bond donors (Lipinski definition) is 1. The summed E-state index contributed by atoms with van der Waals surface area (Å²) in [6.45, 7) is 2.61. The third-order valence-electron chi connectivity index (χ3n) is 5.31. The fourth-order valence-corrected chi connectivity index (χ4v) is 3.42. The van der Waals surface area contributed by atoms with Gasteiger partial charge in [0.2, 0.25) is 5.91 Å². The topological polar surface area (TPSA) is 71.8 Å². The SMILES string of the molecule is C[C@H]1C[C@H]1c1ccc(CN(C)C(=O)COc2ccc3c(c2)CCC(=O)N3)o1. The van der Waals surface area contributed by atoms with Crippen molar-refractivity contribution in [1.29, 1.82) is 0 Å². The van der Waals surface area contributed by atoms with Gasteiger partial charge in [-0.2, -0.15) is 0 Å². The summed E-state index contributed by atoms with van der Waals surface area (Å²) in [5.41, 5.74) is 1.85. The number of aryl methyl sites for hydroxylation is 1. The first-order valence-electron chi connectivity index (χ1n) is 9.38. The highest BCUT2D eigenvalue weighted by atomic mass is 16.5. The largest absolute Gasteiger partial charge is 0.484 e. The second kappa shape index (κ2) is 7.10. The lowest BCUT2D eigenvalue weighted by Crippen LogP contribution is -2.30. The molecule has 27 heavy (non-hydrogen) atoms. The number of fused-ring (bicyclic) bond motifs is 1. The van der Waals surface area contributed by atoms with Crippen LogP contribution in [-0.2, 0) is 22.6 Å². The molecule has 0 bridgehead atoms. The molecule has 1 aliphatic heterocycles. The van der Waals surface area contributed by atoms with Gasteiger partial charge in [0.1, 0.15) is 17.3 Å². The average molecular weight is 368 g/mol. The number of carbonyl (C=O) groups excluding carboxylic acids is 2. The second-order valence-electron chi connectivity index (χ2n) is 7.53. The molecule has 2 aliphatic rings. The van der Waals surface area contributed by atoms with E-state index in [1.54, 1.807) is 18.0 Å². The Bertz CT molecular complexity index is 873. The molecular weight excluding hydrogens is 344 g/mol. The van der Waals surface area contributed by atoms with Gasteiger partial charge in [-0.1, -0.05) is 6.92 Å². The fraction of sp³-hybridized carbons (Fsp3) is 0.429. The van der Waals surface area contributed by atoms with Gasteiger partial charge in [0.15, 0.2) is 6.61 Å². The summed E-state index contributed by atoms with van der Waals surface area (Å²) in [7, 11) is 1.75. The minimum atomic E-state index is -0.112. The van der Waals surface area contributed by atoms with Crippen LogP contribution in [0.5, 0.6) is 5.75 Å². The Morgan fingerprint density at radius 2 is 2.11 bits per heavy atom. The van der Waals surface area contributed by atoms with Crippen LogP contribution in [-0.4, -0.2) is 30.4 Å². The van der Waals surface area contributed by atoms with E-state index >= 15 is 0 Å². The molecule has 2 amide bonds. The van der Waals surface area contributed by atoms with Crippen molar-refractivity contribution >= 4 is 17.5 Å². The summed E-state index contributed by atoms with van der Waals surface area (Å²) < 4.78 is 11.5. The van der Waals surface area contributed by atoms with Crippen LogP contribution in [0.2, 0.25) is 0 Å². The van der Waals surface area contributed by atoms with Gasteiger partial charge in [0, 0.05) is 25.1 Å². The van der Waals surface area contributed by atoms with Crippen molar-refractivity contribution in [3.05, 3.63) is 47.4 Å². The van der Waals surface area contributed by atoms with Gasteiger partial charge in [-0.05, 0) is 54.7 Å². The molecule has 0 spiro atoms. The van der Waals surface area contributed by atoms with E-state index in [1.807, 2.05) is 24.3 Å². The highest BCUT2D eigenvalue weighted by molar-refractivity contribution is 5.94. The van der Waals surface area contributed by atoms with Gasteiger partial charge in [-0.3, -0.25) is 9.59 Å². The van der Waals surface area contributed by atoms with Crippen LogP contribution in [0, 0.1) is 5.92 Å². The van der Waals surface area contributed by atoms with E-state index in [-0.39, 0.29) is 18.4 Å². The van der Waals surface area contributed by atoms with E-state index in [2.05, 4.69) is 12.2 Å². The molecule has 1 aliphatic carbocycles. The molecule has 0 saturated heterocycles. The first-order chi connectivity index (χ1) is 13.0. The molecule has 0 radical (unpaired) electrons. The lowest BCUT2D eigenvalue weighted by Gasteiger charge is -2.19. The van der Waals surface area contributed by atoms with Crippen LogP contribution < -0.4 is 10.1 Å². The Labute approximate surface area is 158 Å². The number of ether oxygens (including phenoxy) is 1. The number of rotatable bonds is 6. The number of nitrogens with one attached hydrogen (secondary N) is 1. The molecule has 1 aromatic carbocycles. The van der Waals surface area contributed by atoms with Crippen molar-refractivity contribution in [3.63, 3.8) is 0 Å². The van der Waals surface area contributed by atoms with Crippen molar-refractivity contribution in [2.45, 2.75) is 38.6 Å². The van der Waals surface area contributed by atoms with E-state index in [9.17, 15) is 9.59 Å². The van der Waals surface area contributed by atoms with E-state index < -0.39 is 0 Å². The van der Waals surface area contributed by atoms with Gasteiger partial charge in [-0.15, -0.1) is 0 Å². The zero-order chi connectivity index (χ0) is 19.0. The van der Waals surface area contributed by atoms with E-state index in [1.165, 1.54) is 6.42 Å². The number of likely N-dealkylation sites (N-methyl/N-ethyl adjacent to an activating group) is 1. The van der Waals surface area contributed by atoms with Crippen LogP contribution in [0.4, 0.5) is 5.69 Å². The summed E-state index contributed by atoms with van der Waals surface area (Å²) in [5.74, 6) is 3.61. The molecule has 6 nitrogen and oxygen atoms in total. The van der Waals surface area contributed by atoms with Crippen LogP contribution >= 0.6 is 0 Å². The Kier molecular flexibility index (Phi) is 4.64. The highest BCUT2D eigenvalue weighted by Crippen LogP contribution is 2.47. The van der Waals surface area contributed by atoms with Gasteiger partial charge >= 0.3 is 0 Å². The van der Waals surface area contributed by atoms with Crippen LogP contribution in [0.25, 0.3) is 0 Å². The maximum absolute atomic E-state index is 12.4. The molecule has 1 saturated carbocycles. The first-order valence-corrected chi connectivity index (χ1v) is 9.38. The Morgan fingerprint density at radius 3 is 2.89 bits per heavy atom. The first kappa shape index (κ1) is 17.6. The summed E-state index contributed by atoms with van der Waals surface area (Å²) in [6.07, 6.45) is 2.34. The number of carbonyl (C=O) groups is 2. The average Bonchev–Trinajstić information content (AvgIpc) is 3.20. The van der Waals surface area contributed by atoms with E-state index in [0.717, 1.165) is 22.8 Å². The van der Waals surface area contributed by atoms with Crippen LogP contribution in [0.15, 0.2) is 34.7 Å². The number of benzene rings is 1. The molecule has 1 N–H and O–H groups in total. The number of anilines is 1. The Balaban J connectivity index is 1.30. The molecule has 1 aromatic heterocycles. The van der Waals surface area contributed by atoms with Crippen LogP contribution in [0.3, 0.4) is 0 Å². The van der Waals surface area contributed by atoms with Crippen molar-refractivity contribution in [3.8, 4) is 5.75 Å². The quantitative estimate of drug-likeness (QED) is 0.849.